The summed E-state index contributed by atoms with van der Waals surface area (Å²) in [5.74, 6) is 0.505. The van der Waals surface area contributed by atoms with Crippen LogP contribution in [0, 0.1) is 0 Å². The van der Waals surface area contributed by atoms with Gasteiger partial charge in [0.15, 0.2) is 0 Å². The number of benzene rings is 1. The van der Waals surface area contributed by atoms with E-state index in [0.29, 0.717) is 12.0 Å². The molecule has 5 unspecified atom stereocenters. The Balaban J connectivity index is 1.88. The molecule has 0 saturated carbocycles. The third-order valence-corrected chi connectivity index (χ3v) is 4.89. The molecule has 0 spiro atoms. The number of morpholine rings is 1. The molecule has 2 aliphatic rings. The Morgan fingerprint density at radius 1 is 1.15 bits per heavy atom. The fourth-order valence-corrected chi connectivity index (χ4v) is 3.76. The smallest absolute Gasteiger partial charge is 0.0948 e. The fourth-order valence-electron chi connectivity index (χ4n) is 3.76. The van der Waals surface area contributed by atoms with Crippen LogP contribution >= 0.6 is 0 Å². The highest BCUT2D eigenvalue weighted by molar-refractivity contribution is 5.35. The Labute approximate surface area is 121 Å². The monoisotopic (exact) mass is 275 g/mol. The van der Waals surface area contributed by atoms with E-state index in [9.17, 15) is 5.11 Å². The molecule has 110 valence electrons. The van der Waals surface area contributed by atoms with Crippen molar-refractivity contribution in [2.24, 2.45) is 0 Å². The predicted molar refractivity (Wildman–Crippen MR) is 79.8 cm³/mol. The first-order valence-electron chi connectivity index (χ1n) is 7.72. The van der Waals surface area contributed by atoms with E-state index < -0.39 is 0 Å². The summed E-state index contributed by atoms with van der Waals surface area (Å²) in [6.45, 7) is 8.26. The summed E-state index contributed by atoms with van der Waals surface area (Å²) >= 11 is 0. The largest absolute Gasteiger partial charge is 0.387 e. The zero-order valence-electron chi connectivity index (χ0n) is 12.6. The van der Waals surface area contributed by atoms with Gasteiger partial charge < -0.3 is 9.84 Å². The van der Waals surface area contributed by atoms with Gasteiger partial charge in [0, 0.05) is 18.6 Å². The van der Waals surface area contributed by atoms with Crippen LogP contribution in [-0.4, -0.2) is 41.3 Å². The molecule has 20 heavy (non-hydrogen) atoms. The van der Waals surface area contributed by atoms with Crippen molar-refractivity contribution in [3.05, 3.63) is 35.4 Å². The van der Waals surface area contributed by atoms with Gasteiger partial charge in [-0.15, -0.1) is 0 Å². The van der Waals surface area contributed by atoms with Crippen molar-refractivity contribution >= 4 is 0 Å². The number of ether oxygens (including phenoxy) is 1. The molecule has 1 aliphatic heterocycles. The number of aliphatic hydroxyl groups is 1. The summed E-state index contributed by atoms with van der Waals surface area (Å²) in [5.41, 5.74) is 2.42. The molecule has 0 aromatic heterocycles. The van der Waals surface area contributed by atoms with E-state index in [1.54, 1.807) is 0 Å². The van der Waals surface area contributed by atoms with Crippen molar-refractivity contribution in [1.82, 2.24) is 4.90 Å². The molecular weight excluding hydrogens is 250 g/mol. The average molecular weight is 275 g/mol. The second-order valence-corrected chi connectivity index (χ2v) is 6.47. The quantitative estimate of drug-likeness (QED) is 0.855. The molecule has 1 N–H and O–H groups in total. The minimum absolute atomic E-state index is 0.209. The maximum Gasteiger partial charge on any atom is 0.0948 e. The van der Waals surface area contributed by atoms with Crippen LogP contribution in [-0.2, 0) is 4.74 Å². The van der Waals surface area contributed by atoms with Crippen LogP contribution in [0.25, 0.3) is 0 Å². The highest BCUT2D eigenvalue weighted by Crippen LogP contribution is 2.40. The van der Waals surface area contributed by atoms with E-state index in [1.165, 1.54) is 5.56 Å². The molecule has 3 heteroatoms. The molecular formula is C17H25NO2. The van der Waals surface area contributed by atoms with Crippen molar-refractivity contribution in [3.8, 4) is 0 Å². The lowest BCUT2D eigenvalue weighted by molar-refractivity contribution is -0.0927. The SMILES string of the molecule is CC1CN(C2CC(C)c3ccccc3C2O)C(C)CO1. The third-order valence-electron chi connectivity index (χ3n) is 4.89. The fraction of sp³-hybridized carbons (Fsp3) is 0.647. The van der Waals surface area contributed by atoms with E-state index in [2.05, 4.69) is 43.9 Å². The van der Waals surface area contributed by atoms with E-state index in [0.717, 1.165) is 25.1 Å². The molecule has 1 saturated heterocycles. The summed E-state index contributed by atoms with van der Waals surface area (Å²) in [6.07, 6.45) is 0.899. The van der Waals surface area contributed by atoms with Crippen LogP contribution in [0.4, 0.5) is 0 Å². The molecule has 1 aromatic carbocycles. The Morgan fingerprint density at radius 3 is 2.60 bits per heavy atom. The zero-order chi connectivity index (χ0) is 14.3. The van der Waals surface area contributed by atoms with Gasteiger partial charge in [0.05, 0.1) is 18.8 Å². The van der Waals surface area contributed by atoms with Gasteiger partial charge in [-0.05, 0) is 37.3 Å². The lowest BCUT2D eigenvalue weighted by atomic mass is 9.78. The van der Waals surface area contributed by atoms with Crippen molar-refractivity contribution in [3.63, 3.8) is 0 Å². The lowest BCUT2D eigenvalue weighted by Crippen LogP contribution is -2.55. The second-order valence-electron chi connectivity index (χ2n) is 6.47. The number of rotatable bonds is 1. The first kappa shape index (κ1) is 14.1. The van der Waals surface area contributed by atoms with Crippen molar-refractivity contribution in [1.29, 1.82) is 0 Å². The van der Waals surface area contributed by atoms with Gasteiger partial charge in [0.1, 0.15) is 0 Å². The molecule has 1 fully saturated rings. The van der Waals surface area contributed by atoms with E-state index in [-0.39, 0.29) is 18.2 Å². The van der Waals surface area contributed by atoms with Crippen molar-refractivity contribution < 1.29 is 9.84 Å². The third kappa shape index (κ3) is 2.39. The van der Waals surface area contributed by atoms with Crippen LogP contribution in [0.1, 0.15) is 50.3 Å². The van der Waals surface area contributed by atoms with Crippen LogP contribution in [0.5, 0.6) is 0 Å². The highest BCUT2D eigenvalue weighted by Gasteiger charge is 2.39. The molecule has 3 nitrogen and oxygen atoms in total. The molecule has 0 radical (unpaired) electrons. The molecule has 0 bridgehead atoms. The van der Waals surface area contributed by atoms with Crippen LogP contribution < -0.4 is 0 Å². The van der Waals surface area contributed by atoms with E-state index >= 15 is 0 Å². The maximum atomic E-state index is 10.8. The molecule has 1 aromatic rings. The molecule has 1 heterocycles. The predicted octanol–water partition coefficient (Wildman–Crippen LogP) is 2.71. The molecule has 3 rings (SSSR count). The van der Waals surface area contributed by atoms with Gasteiger partial charge in [-0.1, -0.05) is 31.2 Å². The Morgan fingerprint density at radius 2 is 1.85 bits per heavy atom. The Bertz CT molecular complexity index is 476. The minimum Gasteiger partial charge on any atom is -0.387 e. The number of hydrogen-bond acceptors (Lipinski definition) is 3. The van der Waals surface area contributed by atoms with Crippen LogP contribution in [0.2, 0.25) is 0 Å². The van der Waals surface area contributed by atoms with Gasteiger partial charge in [0.2, 0.25) is 0 Å². The normalized spacial score (nSPS) is 38.5. The summed E-state index contributed by atoms with van der Waals surface area (Å²) in [4.78, 5) is 2.45. The summed E-state index contributed by atoms with van der Waals surface area (Å²) < 4.78 is 5.72. The standard InChI is InChI=1S/C17H25NO2/c1-11-8-16(18-9-13(3)20-10-12(18)2)17(19)15-7-5-4-6-14(11)15/h4-7,11-13,16-17,19H,8-10H2,1-3H3. The second kappa shape index (κ2) is 5.47. The summed E-state index contributed by atoms with van der Waals surface area (Å²) in [6, 6.07) is 8.93. The van der Waals surface area contributed by atoms with Crippen LogP contribution in [0.15, 0.2) is 24.3 Å². The number of aliphatic hydroxyl groups excluding tert-OH is 1. The van der Waals surface area contributed by atoms with Gasteiger partial charge in [-0.3, -0.25) is 4.90 Å². The zero-order valence-corrected chi connectivity index (χ0v) is 12.6. The number of fused-ring (bicyclic) bond motifs is 1. The van der Waals surface area contributed by atoms with Gasteiger partial charge in [-0.25, -0.2) is 0 Å². The van der Waals surface area contributed by atoms with Crippen LogP contribution in [0.3, 0.4) is 0 Å². The van der Waals surface area contributed by atoms with Gasteiger partial charge in [0.25, 0.3) is 0 Å². The topological polar surface area (TPSA) is 32.7 Å². The van der Waals surface area contributed by atoms with E-state index in [1.807, 2.05) is 6.07 Å². The molecule has 5 atom stereocenters. The number of nitrogens with zero attached hydrogens (tertiary/aromatic N) is 1. The summed E-state index contributed by atoms with van der Waals surface area (Å²) in [7, 11) is 0. The lowest BCUT2D eigenvalue weighted by Gasteiger charge is -2.46. The average Bonchev–Trinajstić information content (AvgIpc) is 2.46. The maximum absolute atomic E-state index is 10.8. The highest BCUT2D eigenvalue weighted by atomic mass is 16.5. The van der Waals surface area contributed by atoms with Gasteiger partial charge in [-0.2, -0.15) is 0 Å². The first-order chi connectivity index (χ1) is 9.58. The molecule has 0 amide bonds. The minimum atomic E-state index is -0.379. The van der Waals surface area contributed by atoms with E-state index in [4.69, 9.17) is 4.74 Å². The first-order valence-corrected chi connectivity index (χ1v) is 7.72. The van der Waals surface area contributed by atoms with Gasteiger partial charge >= 0.3 is 0 Å². The van der Waals surface area contributed by atoms with Crippen molar-refractivity contribution in [2.75, 3.05) is 13.2 Å². The summed E-state index contributed by atoms with van der Waals surface area (Å²) in [5, 5.41) is 10.8. The Hall–Kier alpha value is -0.900. The number of hydrogen-bond donors (Lipinski definition) is 1. The van der Waals surface area contributed by atoms with Crippen molar-refractivity contribution in [2.45, 2.75) is 57.4 Å². The Kier molecular flexibility index (Phi) is 3.85. The molecule has 1 aliphatic carbocycles.